The summed E-state index contributed by atoms with van der Waals surface area (Å²) in [6.45, 7) is 4.71. The van der Waals surface area contributed by atoms with E-state index >= 15 is 0 Å². The summed E-state index contributed by atoms with van der Waals surface area (Å²) in [6, 6.07) is 0. The first-order chi connectivity index (χ1) is 33.6. The highest BCUT2D eigenvalue weighted by atomic mass is 16.7. The van der Waals surface area contributed by atoms with E-state index in [0.29, 0.717) is 17.4 Å². The van der Waals surface area contributed by atoms with Crippen molar-refractivity contribution in [3.63, 3.8) is 0 Å². The van der Waals surface area contributed by atoms with Crippen LogP contribution in [0.5, 0.6) is 0 Å². The molecule has 0 fully saturated rings. The number of esters is 2. The summed E-state index contributed by atoms with van der Waals surface area (Å²) in [7, 11) is 5.94. The minimum Gasteiger partial charge on any atom is -0.477 e. The molecule has 0 aromatic carbocycles. The van der Waals surface area contributed by atoms with E-state index in [2.05, 4.69) is 98.9 Å². The van der Waals surface area contributed by atoms with Gasteiger partial charge < -0.3 is 28.5 Å². The lowest BCUT2D eigenvalue weighted by Gasteiger charge is -2.25. The van der Waals surface area contributed by atoms with Gasteiger partial charge in [0.25, 0.3) is 6.29 Å². The van der Waals surface area contributed by atoms with E-state index in [1.54, 1.807) is 0 Å². The maximum absolute atomic E-state index is 12.8. The van der Waals surface area contributed by atoms with E-state index in [-0.39, 0.29) is 38.6 Å². The van der Waals surface area contributed by atoms with Crippen molar-refractivity contribution in [3.05, 3.63) is 85.1 Å². The van der Waals surface area contributed by atoms with E-state index in [4.69, 9.17) is 18.9 Å². The van der Waals surface area contributed by atoms with Crippen LogP contribution in [0.1, 0.15) is 219 Å². The molecule has 9 nitrogen and oxygen atoms in total. The average Bonchev–Trinajstić information content (AvgIpc) is 3.31. The molecule has 0 saturated carbocycles. The van der Waals surface area contributed by atoms with Gasteiger partial charge in [0.15, 0.2) is 6.10 Å². The van der Waals surface area contributed by atoms with Crippen LogP contribution < -0.4 is 0 Å². The number of carbonyl (C=O) groups is 3. The number of allylic oxidation sites excluding steroid dienone is 14. The van der Waals surface area contributed by atoms with Crippen molar-refractivity contribution >= 4 is 17.9 Å². The summed E-state index contributed by atoms with van der Waals surface area (Å²) in [5.41, 5.74) is 0. The van der Waals surface area contributed by atoms with Crippen LogP contribution in [-0.2, 0) is 33.3 Å². The molecule has 0 saturated heterocycles. The molecule has 0 aliphatic carbocycles. The fourth-order valence-electron chi connectivity index (χ4n) is 7.36. The Kier molecular flexibility index (Phi) is 48.2. The molecule has 0 aliphatic heterocycles. The zero-order valence-electron chi connectivity index (χ0n) is 44.9. The van der Waals surface area contributed by atoms with E-state index < -0.39 is 24.3 Å². The van der Waals surface area contributed by atoms with Crippen molar-refractivity contribution in [1.29, 1.82) is 0 Å². The van der Waals surface area contributed by atoms with Crippen molar-refractivity contribution in [2.45, 2.75) is 232 Å². The third-order valence-electron chi connectivity index (χ3n) is 11.6. The lowest BCUT2D eigenvalue weighted by molar-refractivity contribution is -0.870. The Bertz CT molecular complexity index is 1400. The van der Waals surface area contributed by atoms with Gasteiger partial charge in [-0.25, -0.2) is 4.79 Å². The molecule has 0 amide bonds. The normalized spacial score (nSPS) is 13.5. The second-order valence-corrected chi connectivity index (χ2v) is 19.5. The number of quaternary nitrogens is 1. The second-order valence-electron chi connectivity index (χ2n) is 19.5. The molecule has 2 atom stereocenters. The van der Waals surface area contributed by atoms with Gasteiger partial charge in [0.05, 0.1) is 34.4 Å². The fraction of sp³-hybridized carbons (Fsp3) is 0.717. The molecule has 0 aliphatic rings. The van der Waals surface area contributed by atoms with Crippen molar-refractivity contribution in [3.8, 4) is 0 Å². The van der Waals surface area contributed by atoms with E-state index in [0.717, 1.165) is 70.6 Å². The first-order valence-corrected chi connectivity index (χ1v) is 27.8. The van der Waals surface area contributed by atoms with Gasteiger partial charge >= 0.3 is 17.9 Å². The number of unbranched alkanes of at least 4 members (excludes halogenated alkanes) is 21. The van der Waals surface area contributed by atoms with Crippen molar-refractivity contribution in [2.24, 2.45) is 0 Å². The minimum atomic E-state index is -1.53. The molecule has 396 valence electrons. The number of nitrogens with zero attached hydrogens (tertiary/aromatic N) is 1. The van der Waals surface area contributed by atoms with E-state index in [9.17, 15) is 19.5 Å². The third-order valence-corrected chi connectivity index (χ3v) is 11.6. The van der Waals surface area contributed by atoms with E-state index in [1.165, 1.54) is 116 Å². The van der Waals surface area contributed by atoms with Gasteiger partial charge in [-0.2, -0.15) is 0 Å². The van der Waals surface area contributed by atoms with Crippen LogP contribution in [0.3, 0.4) is 0 Å². The minimum absolute atomic E-state index is 0.175. The average molecular weight is 967 g/mol. The first kappa shape index (κ1) is 65.5. The van der Waals surface area contributed by atoms with Gasteiger partial charge in [-0.1, -0.05) is 202 Å². The highest BCUT2D eigenvalue weighted by Gasteiger charge is 2.25. The maximum Gasteiger partial charge on any atom is 0.361 e. The van der Waals surface area contributed by atoms with Crippen LogP contribution in [0.2, 0.25) is 0 Å². The maximum atomic E-state index is 12.8. The number of carboxylic acid groups (broad SMARTS) is 1. The Morgan fingerprint density at radius 3 is 1.28 bits per heavy atom. The highest BCUT2D eigenvalue weighted by molar-refractivity contribution is 5.71. The smallest absolute Gasteiger partial charge is 0.361 e. The summed E-state index contributed by atoms with van der Waals surface area (Å²) in [4.78, 5) is 37.4. The first-order valence-electron chi connectivity index (χ1n) is 27.8. The summed E-state index contributed by atoms with van der Waals surface area (Å²) in [5, 5.41) is 9.69. The number of rotatable bonds is 50. The molecule has 0 rings (SSSR count). The molecule has 0 spiro atoms. The van der Waals surface area contributed by atoms with Gasteiger partial charge in [-0.15, -0.1) is 0 Å². The van der Waals surface area contributed by atoms with Crippen molar-refractivity contribution in [2.75, 3.05) is 47.5 Å². The summed E-state index contributed by atoms with van der Waals surface area (Å²) < 4.78 is 22.8. The molecule has 9 heteroatoms. The molecular weight excluding hydrogens is 863 g/mol. The number of hydrogen-bond acceptors (Lipinski definition) is 7. The molecule has 0 aromatic heterocycles. The molecule has 0 radical (unpaired) electrons. The molecule has 0 heterocycles. The van der Waals surface area contributed by atoms with Crippen LogP contribution in [0.25, 0.3) is 0 Å². The number of carboxylic acids is 1. The summed E-state index contributed by atoms with van der Waals surface area (Å²) >= 11 is 0. The molecular formula is C60H104NO8+. The Morgan fingerprint density at radius 2 is 0.826 bits per heavy atom. The predicted molar refractivity (Wildman–Crippen MR) is 290 cm³/mol. The summed E-state index contributed by atoms with van der Waals surface area (Å²) in [6.07, 6.45) is 63.7. The van der Waals surface area contributed by atoms with Gasteiger partial charge in [0.2, 0.25) is 0 Å². The zero-order valence-corrected chi connectivity index (χ0v) is 44.9. The monoisotopic (exact) mass is 967 g/mol. The van der Waals surface area contributed by atoms with E-state index in [1.807, 2.05) is 21.1 Å². The third kappa shape index (κ3) is 52.1. The van der Waals surface area contributed by atoms with Crippen molar-refractivity contribution < 1.29 is 42.9 Å². The fourth-order valence-corrected chi connectivity index (χ4v) is 7.36. The highest BCUT2D eigenvalue weighted by Crippen LogP contribution is 2.15. The molecule has 69 heavy (non-hydrogen) atoms. The Hall–Kier alpha value is -3.53. The number of carbonyl (C=O) groups excluding carboxylic acids is 2. The molecule has 2 unspecified atom stereocenters. The van der Waals surface area contributed by atoms with Gasteiger partial charge in [0.1, 0.15) is 13.2 Å². The van der Waals surface area contributed by atoms with Gasteiger partial charge in [-0.05, 0) is 89.9 Å². The topological polar surface area (TPSA) is 108 Å². The second kappa shape index (κ2) is 50.8. The quantitative estimate of drug-likeness (QED) is 0.0211. The van der Waals surface area contributed by atoms with Crippen LogP contribution in [0, 0.1) is 0 Å². The molecule has 0 bridgehead atoms. The summed E-state index contributed by atoms with van der Waals surface area (Å²) in [5.74, 6) is -2.07. The van der Waals surface area contributed by atoms with Gasteiger partial charge in [0, 0.05) is 12.8 Å². The van der Waals surface area contributed by atoms with Crippen LogP contribution in [0.15, 0.2) is 85.1 Å². The largest absolute Gasteiger partial charge is 0.477 e. The lowest BCUT2D eigenvalue weighted by atomic mass is 10.0. The van der Waals surface area contributed by atoms with Crippen LogP contribution in [-0.4, -0.2) is 87.4 Å². The lowest BCUT2D eigenvalue weighted by Crippen LogP contribution is -2.40. The molecule has 0 aromatic rings. The number of aliphatic carboxylic acids is 1. The zero-order chi connectivity index (χ0) is 50.6. The van der Waals surface area contributed by atoms with Crippen LogP contribution in [0.4, 0.5) is 0 Å². The molecule has 1 N–H and O–H groups in total. The Balaban J connectivity index is 4.36. The van der Waals surface area contributed by atoms with Crippen molar-refractivity contribution in [1.82, 2.24) is 0 Å². The number of likely N-dealkylation sites (N-methyl/N-ethyl adjacent to an activating group) is 1. The number of ether oxygens (including phenoxy) is 4. The van der Waals surface area contributed by atoms with Gasteiger partial charge in [-0.3, -0.25) is 9.59 Å². The predicted octanol–water partition coefficient (Wildman–Crippen LogP) is 16.0. The standard InChI is InChI=1S/C60H103NO8/c1-6-8-10-12-14-16-18-20-22-24-26-28-29-31-32-34-36-38-40-42-44-46-48-50-57(62)67-54-56(55-68-60(59(64)65)66-53-52-61(3,4)5)69-58(63)51-49-47-45-43-41-39-37-35-33-30-27-25-23-21-19-17-15-13-11-9-7-2/h9,11,15,17,21,23-24,26-27,30,35,37,41,43,56,60H,6-8,10,12-14,16,18-20,22,25,28-29,31-34,36,38-40,42,44-55H2,1-5H3/p+1/b11-9-,17-15-,23-21-,26-24-,30-27-,37-35-,43-41-. The Labute approximate surface area is 423 Å². The Morgan fingerprint density at radius 1 is 0.449 bits per heavy atom. The SMILES string of the molecule is CC/C=C\C/C=C\C/C=C\C/C=C\C/C=C\C/C=C\CCCCC(=O)OC(COC(=O)CCCCCCCCCCCCC/C=C\CCCCCCCCCC)COC(OCC[N+](C)(C)C)C(=O)O. The number of hydrogen-bond donors (Lipinski definition) is 1. The van der Waals surface area contributed by atoms with Crippen LogP contribution >= 0.6 is 0 Å².